The van der Waals surface area contributed by atoms with Crippen LogP contribution in [0.4, 0.5) is 17.1 Å². The summed E-state index contributed by atoms with van der Waals surface area (Å²) in [5.74, 6) is 0. The van der Waals surface area contributed by atoms with Gasteiger partial charge in [-0.05, 0) is 121 Å². The second-order valence-electron chi connectivity index (χ2n) is 13.8. The van der Waals surface area contributed by atoms with E-state index in [1.54, 1.807) is 0 Å². The molecule has 9 aromatic rings. The van der Waals surface area contributed by atoms with E-state index >= 15 is 0 Å². The van der Waals surface area contributed by atoms with Gasteiger partial charge in [0.2, 0.25) is 0 Å². The van der Waals surface area contributed by atoms with E-state index in [1.165, 1.54) is 66.4 Å². The molecule has 0 radical (unpaired) electrons. The van der Waals surface area contributed by atoms with Crippen LogP contribution in [0.25, 0.3) is 55.3 Å². The highest BCUT2D eigenvalue weighted by atomic mass is 15.1. The Morgan fingerprint density at radius 2 is 0.741 bits per heavy atom. The first-order chi connectivity index (χ1) is 26.7. The normalized spacial score (nSPS) is 11.0. The van der Waals surface area contributed by atoms with Crippen molar-refractivity contribution in [1.29, 1.82) is 0 Å². The van der Waals surface area contributed by atoms with Crippen LogP contribution in [-0.4, -0.2) is 0 Å². The summed E-state index contributed by atoms with van der Waals surface area (Å²) in [5, 5.41) is 2.48. The maximum atomic E-state index is 2.37. The third-order valence-corrected chi connectivity index (χ3v) is 10.3. The lowest BCUT2D eigenvalue weighted by Crippen LogP contribution is -2.10. The zero-order valence-electron chi connectivity index (χ0n) is 30.0. The maximum absolute atomic E-state index is 2.37. The second kappa shape index (κ2) is 14.9. The first-order valence-electron chi connectivity index (χ1n) is 18.6. The van der Waals surface area contributed by atoms with Gasteiger partial charge in [-0.25, -0.2) is 0 Å². The quantitative estimate of drug-likeness (QED) is 0.146. The number of anilines is 3. The molecule has 0 saturated carbocycles. The van der Waals surface area contributed by atoms with Gasteiger partial charge in [0, 0.05) is 17.1 Å². The summed E-state index contributed by atoms with van der Waals surface area (Å²) in [6.07, 6.45) is 0.882. The summed E-state index contributed by atoms with van der Waals surface area (Å²) in [6.45, 7) is 0. The molecular weight excluding hydrogens is 651 g/mol. The largest absolute Gasteiger partial charge is 0.310 e. The van der Waals surface area contributed by atoms with E-state index in [-0.39, 0.29) is 0 Å². The molecule has 9 rings (SSSR count). The highest BCUT2D eigenvalue weighted by Crippen LogP contribution is 2.39. The summed E-state index contributed by atoms with van der Waals surface area (Å²) in [5.41, 5.74) is 15.6. The average molecular weight is 690 g/mol. The molecule has 1 nitrogen and oxygen atoms in total. The van der Waals surface area contributed by atoms with Crippen LogP contribution >= 0.6 is 0 Å². The lowest BCUT2D eigenvalue weighted by molar-refractivity contribution is 1.18. The Morgan fingerprint density at radius 1 is 0.278 bits per heavy atom. The van der Waals surface area contributed by atoms with Gasteiger partial charge in [0.1, 0.15) is 0 Å². The fourth-order valence-electron chi connectivity index (χ4n) is 7.51. The van der Waals surface area contributed by atoms with Gasteiger partial charge < -0.3 is 4.90 Å². The van der Waals surface area contributed by atoms with E-state index in [4.69, 9.17) is 0 Å². The van der Waals surface area contributed by atoms with Crippen molar-refractivity contribution in [3.63, 3.8) is 0 Å². The first-order valence-corrected chi connectivity index (χ1v) is 18.6. The molecule has 0 aliphatic carbocycles. The molecule has 0 atom stereocenters. The molecule has 0 heterocycles. The molecule has 0 bridgehead atoms. The highest BCUT2D eigenvalue weighted by Gasteiger charge is 2.15. The van der Waals surface area contributed by atoms with Crippen molar-refractivity contribution >= 4 is 27.8 Å². The van der Waals surface area contributed by atoms with E-state index < -0.39 is 0 Å². The van der Waals surface area contributed by atoms with Crippen molar-refractivity contribution in [2.75, 3.05) is 4.90 Å². The second-order valence-corrected chi connectivity index (χ2v) is 13.8. The van der Waals surface area contributed by atoms with Crippen LogP contribution in [0.2, 0.25) is 0 Å². The van der Waals surface area contributed by atoms with Gasteiger partial charge in [0.15, 0.2) is 0 Å². The molecule has 0 fully saturated rings. The monoisotopic (exact) mass is 689 g/mol. The summed E-state index contributed by atoms with van der Waals surface area (Å²) in [7, 11) is 0. The number of rotatable bonds is 9. The number of benzene rings is 9. The van der Waals surface area contributed by atoms with Gasteiger partial charge in [-0.1, -0.05) is 176 Å². The Bertz CT molecular complexity index is 2630. The summed E-state index contributed by atoms with van der Waals surface area (Å²) < 4.78 is 0. The highest BCUT2D eigenvalue weighted by molar-refractivity contribution is 6.00. The molecule has 0 aliphatic heterocycles. The van der Waals surface area contributed by atoms with Crippen LogP contribution in [0.1, 0.15) is 11.1 Å². The summed E-state index contributed by atoms with van der Waals surface area (Å²) >= 11 is 0. The molecule has 9 aromatic carbocycles. The Labute approximate surface area is 318 Å². The van der Waals surface area contributed by atoms with Crippen LogP contribution < -0.4 is 4.90 Å². The predicted octanol–water partition coefficient (Wildman–Crippen LogP) is 14.6. The molecule has 0 N–H and O–H groups in total. The topological polar surface area (TPSA) is 3.24 Å². The van der Waals surface area contributed by atoms with E-state index in [0.29, 0.717) is 0 Å². The lowest BCUT2D eigenvalue weighted by atomic mass is 9.92. The Kier molecular flexibility index (Phi) is 9.11. The molecule has 54 heavy (non-hydrogen) atoms. The molecule has 0 spiro atoms. The Balaban J connectivity index is 1.09. The van der Waals surface area contributed by atoms with Crippen LogP contribution in [0.15, 0.2) is 224 Å². The van der Waals surface area contributed by atoms with Crippen molar-refractivity contribution in [3.8, 4) is 44.5 Å². The molecule has 0 saturated heterocycles. The number of nitrogens with zero attached hydrogens (tertiary/aromatic N) is 1. The van der Waals surface area contributed by atoms with E-state index in [0.717, 1.165) is 23.5 Å². The minimum absolute atomic E-state index is 0.882. The zero-order chi connectivity index (χ0) is 36.1. The fraction of sp³-hybridized carbons (Fsp3) is 0.0189. The van der Waals surface area contributed by atoms with Gasteiger partial charge in [-0.2, -0.15) is 0 Å². The van der Waals surface area contributed by atoms with Crippen molar-refractivity contribution in [2.24, 2.45) is 0 Å². The van der Waals surface area contributed by atoms with Crippen LogP contribution in [-0.2, 0) is 6.42 Å². The minimum Gasteiger partial charge on any atom is -0.310 e. The van der Waals surface area contributed by atoms with Gasteiger partial charge in [0.25, 0.3) is 0 Å². The number of hydrogen-bond donors (Lipinski definition) is 0. The molecular formula is C53H39N. The Morgan fingerprint density at radius 3 is 1.35 bits per heavy atom. The van der Waals surface area contributed by atoms with Crippen molar-refractivity contribution in [1.82, 2.24) is 0 Å². The smallest absolute Gasteiger partial charge is 0.0464 e. The summed E-state index contributed by atoms with van der Waals surface area (Å²) in [4.78, 5) is 2.37. The van der Waals surface area contributed by atoms with Crippen molar-refractivity contribution in [2.45, 2.75) is 6.42 Å². The summed E-state index contributed by atoms with van der Waals surface area (Å²) in [6, 6.07) is 81.1. The molecule has 1 heteroatoms. The SMILES string of the molecule is c1ccc(Cc2cccc(N(c3ccc(-c4ccccc4)cc3)c3ccc(-c4cc(-c5ccc(-c6ccccc6)cc5)cc5ccccc45)cc3)c2)cc1. The average Bonchev–Trinajstić information content (AvgIpc) is 3.25. The third-order valence-electron chi connectivity index (χ3n) is 10.3. The minimum atomic E-state index is 0.882. The molecule has 0 unspecified atom stereocenters. The zero-order valence-corrected chi connectivity index (χ0v) is 30.0. The molecule has 256 valence electrons. The molecule has 0 aliphatic rings. The van der Waals surface area contributed by atoms with Crippen molar-refractivity contribution in [3.05, 3.63) is 236 Å². The number of fused-ring (bicyclic) bond motifs is 1. The Hall–Kier alpha value is -6.96. The van der Waals surface area contributed by atoms with E-state index in [9.17, 15) is 0 Å². The standard InChI is InChI=1S/C53H39N/c1-4-13-39(14-5-1)35-40-15-12-21-51(36-40)54(49-31-27-44(28-32-49)42-18-8-3-9-19-42)50-33-29-46(30-34-50)53-38-48(37-47-20-10-11-22-52(47)53)45-25-23-43(24-26-45)41-16-6-2-7-17-41/h1-34,36-38H,35H2. The van der Waals surface area contributed by atoms with Gasteiger partial charge in [-0.3, -0.25) is 0 Å². The lowest BCUT2D eigenvalue weighted by Gasteiger charge is -2.26. The molecule has 0 aromatic heterocycles. The van der Waals surface area contributed by atoms with Crippen LogP contribution in [0, 0.1) is 0 Å². The van der Waals surface area contributed by atoms with Gasteiger partial charge >= 0.3 is 0 Å². The number of hydrogen-bond acceptors (Lipinski definition) is 1. The van der Waals surface area contributed by atoms with Crippen LogP contribution in [0.3, 0.4) is 0 Å². The molecule has 0 amide bonds. The van der Waals surface area contributed by atoms with Gasteiger partial charge in [-0.15, -0.1) is 0 Å². The van der Waals surface area contributed by atoms with Crippen LogP contribution in [0.5, 0.6) is 0 Å². The van der Waals surface area contributed by atoms with E-state index in [1.807, 2.05) is 0 Å². The maximum Gasteiger partial charge on any atom is 0.0464 e. The first kappa shape index (κ1) is 32.9. The van der Waals surface area contributed by atoms with E-state index in [2.05, 4.69) is 229 Å². The predicted molar refractivity (Wildman–Crippen MR) is 230 cm³/mol. The fourth-order valence-corrected chi connectivity index (χ4v) is 7.51. The third kappa shape index (κ3) is 6.96. The van der Waals surface area contributed by atoms with Crippen molar-refractivity contribution < 1.29 is 0 Å². The van der Waals surface area contributed by atoms with Gasteiger partial charge in [0.05, 0.1) is 0 Å².